The number of fused-ring (bicyclic) bond motifs is 1. The van der Waals surface area contributed by atoms with E-state index in [-0.39, 0.29) is 52.9 Å². The number of rotatable bonds is 10. The molecule has 2 amide bonds. The largest absolute Gasteiger partial charge is 0.495 e. The van der Waals surface area contributed by atoms with Crippen LogP contribution in [-0.4, -0.2) is 41.2 Å². The Morgan fingerprint density at radius 2 is 1.69 bits per heavy atom. The number of amides is 2. The number of ether oxygens (including phenoxy) is 2. The molecule has 0 atom stereocenters. The van der Waals surface area contributed by atoms with E-state index in [1.165, 1.54) is 43.1 Å². The molecule has 1 aliphatic carbocycles. The van der Waals surface area contributed by atoms with E-state index in [0.717, 1.165) is 30.3 Å². The van der Waals surface area contributed by atoms with E-state index in [0.29, 0.717) is 16.5 Å². The van der Waals surface area contributed by atoms with Crippen molar-refractivity contribution in [3.8, 4) is 11.5 Å². The predicted octanol–water partition coefficient (Wildman–Crippen LogP) is 3.96. The summed E-state index contributed by atoms with van der Waals surface area (Å²) < 4.78 is 12.8. The molecule has 10 nitrogen and oxygen atoms in total. The van der Waals surface area contributed by atoms with Crippen molar-refractivity contribution < 1.29 is 19.1 Å². The molecule has 39 heavy (non-hydrogen) atoms. The minimum absolute atomic E-state index is 0.0156. The van der Waals surface area contributed by atoms with E-state index in [4.69, 9.17) is 32.7 Å². The first-order chi connectivity index (χ1) is 18.7. The first-order valence-electron chi connectivity index (χ1n) is 12.7. The fraction of sp³-hybridized carbons (Fsp3) is 0.407. The number of hydrogen-bond donors (Lipinski definition) is 2. The molecule has 3 aromatic rings. The highest BCUT2D eigenvalue weighted by atomic mass is 35.5. The van der Waals surface area contributed by atoms with Gasteiger partial charge in [0.05, 0.1) is 35.8 Å². The zero-order valence-electron chi connectivity index (χ0n) is 21.7. The van der Waals surface area contributed by atoms with Crippen molar-refractivity contribution >= 4 is 51.6 Å². The highest BCUT2D eigenvalue weighted by molar-refractivity contribution is 6.32. The number of aromatic nitrogens is 2. The number of nitrogens with zero attached hydrogens (tertiary/aromatic N) is 2. The van der Waals surface area contributed by atoms with Gasteiger partial charge in [0.2, 0.25) is 11.8 Å². The van der Waals surface area contributed by atoms with Crippen LogP contribution in [0.1, 0.15) is 38.5 Å². The molecule has 12 heteroatoms. The van der Waals surface area contributed by atoms with Crippen LogP contribution in [0.5, 0.6) is 11.5 Å². The number of halogens is 2. The van der Waals surface area contributed by atoms with Gasteiger partial charge in [-0.1, -0.05) is 36.0 Å². The number of nitrogens with one attached hydrogen (secondary N) is 2. The molecule has 2 N–H and O–H groups in total. The molecule has 1 aromatic heterocycles. The zero-order valence-corrected chi connectivity index (χ0v) is 23.2. The second-order valence-corrected chi connectivity index (χ2v) is 10.2. The van der Waals surface area contributed by atoms with Crippen molar-refractivity contribution in [2.75, 3.05) is 19.5 Å². The number of carbonyl (C=O) groups is 2. The predicted molar refractivity (Wildman–Crippen MR) is 150 cm³/mol. The van der Waals surface area contributed by atoms with Crippen LogP contribution >= 0.6 is 23.2 Å². The minimum atomic E-state index is -0.666. The smallest absolute Gasteiger partial charge is 0.331 e. The average Bonchev–Trinajstić information content (AvgIpc) is 3.41. The lowest BCUT2D eigenvalue weighted by Crippen LogP contribution is -2.42. The summed E-state index contributed by atoms with van der Waals surface area (Å²) in [5, 5.41) is 6.47. The van der Waals surface area contributed by atoms with Crippen LogP contribution in [0.2, 0.25) is 10.0 Å². The summed E-state index contributed by atoms with van der Waals surface area (Å²) in [5.41, 5.74) is -0.648. The Hall–Kier alpha value is -3.50. The Labute approximate surface area is 234 Å². The summed E-state index contributed by atoms with van der Waals surface area (Å²) in [7, 11) is 2.89. The third-order valence-corrected chi connectivity index (χ3v) is 7.27. The van der Waals surface area contributed by atoms with Crippen molar-refractivity contribution in [3.05, 3.63) is 61.2 Å². The van der Waals surface area contributed by atoms with Gasteiger partial charge >= 0.3 is 5.69 Å². The van der Waals surface area contributed by atoms with Crippen LogP contribution in [0.15, 0.2) is 39.9 Å². The Morgan fingerprint density at radius 1 is 0.974 bits per heavy atom. The van der Waals surface area contributed by atoms with Gasteiger partial charge in [-0.05, 0) is 43.5 Å². The molecule has 0 radical (unpaired) electrons. The SMILES string of the molecule is COc1cc(OC)c(NC(=O)Cn2c(=O)n(CCCC(=O)NC3CCCC3)c(=O)c3cc(Cl)ccc32)cc1Cl. The molecule has 208 valence electrons. The van der Waals surface area contributed by atoms with Crippen molar-refractivity contribution in [1.82, 2.24) is 14.5 Å². The fourth-order valence-electron chi connectivity index (χ4n) is 4.80. The van der Waals surface area contributed by atoms with Crippen LogP contribution in [-0.2, 0) is 22.7 Å². The van der Waals surface area contributed by atoms with E-state index < -0.39 is 23.7 Å². The number of hydrogen-bond acceptors (Lipinski definition) is 6. The molecule has 0 saturated heterocycles. The summed E-state index contributed by atoms with van der Waals surface area (Å²) in [6.45, 7) is -0.381. The molecule has 1 fully saturated rings. The quantitative estimate of drug-likeness (QED) is 0.377. The molecule has 1 saturated carbocycles. The minimum Gasteiger partial charge on any atom is -0.495 e. The van der Waals surface area contributed by atoms with E-state index in [1.54, 1.807) is 6.07 Å². The molecule has 1 aliphatic rings. The first kappa shape index (κ1) is 28.5. The van der Waals surface area contributed by atoms with Gasteiger partial charge < -0.3 is 20.1 Å². The van der Waals surface area contributed by atoms with Gasteiger partial charge in [-0.3, -0.25) is 23.5 Å². The van der Waals surface area contributed by atoms with Gasteiger partial charge in [0.1, 0.15) is 18.0 Å². The lowest BCUT2D eigenvalue weighted by atomic mass is 10.2. The topological polar surface area (TPSA) is 121 Å². The van der Waals surface area contributed by atoms with Gasteiger partial charge in [-0.2, -0.15) is 0 Å². The van der Waals surface area contributed by atoms with Crippen molar-refractivity contribution in [1.29, 1.82) is 0 Å². The molecule has 0 unspecified atom stereocenters. The number of benzene rings is 2. The Bertz CT molecular complexity index is 1510. The monoisotopic (exact) mass is 576 g/mol. The maximum absolute atomic E-state index is 13.4. The summed E-state index contributed by atoms with van der Waals surface area (Å²) in [5.74, 6) is 0.0312. The lowest BCUT2D eigenvalue weighted by Gasteiger charge is -2.16. The number of anilines is 1. The molecular weight excluding hydrogens is 547 g/mol. The summed E-state index contributed by atoms with van der Waals surface area (Å²) in [6.07, 6.45) is 4.61. The molecular formula is C27H30Cl2N4O6. The third-order valence-electron chi connectivity index (χ3n) is 6.74. The zero-order chi connectivity index (χ0) is 28.1. The molecule has 0 spiro atoms. The van der Waals surface area contributed by atoms with Crippen LogP contribution < -0.4 is 31.4 Å². The Morgan fingerprint density at radius 3 is 2.38 bits per heavy atom. The van der Waals surface area contributed by atoms with Gasteiger partial charge in [0.25, 0.3) is 5.56 Å². The highest BCUT2D eigenvalue weighted by Crippen LogP contribution is 2.35. The normalized spacial score (nSPS) is 13.4. The van der Waals surface area contributed by atoms with Crippen molar-refractivity contribution in [3.63, 3.8) is 0 Å². The van der Waals surface area contributed by atoms with E-state index in [1.807, 2.05) is 0 Å². The van der Waals surface area contributed by atoms with Crippen molar-refractivity contribution in [2.45, 2.75) is 57.7 Å². The standard InChI is InChI=1S/C27H30Cl2N4O6/c1-38-22-14-23(39-2)20(13-19(22)29)31-25(35)15-33-21-10-9-16(28)12-18(21)26(36)32(27(33)37)11-5-8-24(34)30-17-6-3-4-7-17/h9-10,12-14,17H,3-8,11,15H2,1-2H3,(H,30,34)(H,31,35). The summed E-state index contributed by atoms with van der Waals surface area (Å²) in [6, 6.07) is 7.74. The summed E-state index contributed by atoms with van der Waals surface area (Å²) in [4.78, 5) is 52.1. The van der Waals surface area contributed by atoms with Crippen LogP contribution in [0.3, 0.4) is 0 Å². The Kier molecular flexibility index (Phi) is 9.19. The van der Waals surface area contributed by atoms with Crippen LogP contribution in [0.4, 0.5) is 5.69 Å². The van der Waals surface area contributed by atoms with E-state index >= 15 is 0 Å². The summed E-state index contributed by atoms with van der Waals surface area (Å²) >= 11 is 12.4. The third kappa shape index (κ3) is 6.57. The molecule has 4 rings (SSSR count). The van der Waals surface area contributed by atoms with Gasteiger partial charge in [0.15, 0.2) is 0 Å². The van der Waals surface area contributed by atoms with Gasteiger partial charge in [0, 0.05) is 30.1 Å². The second kappa shape index (κ2) is 12.6. The molecule has 0 aliphatic heterocycles. The van der Waals surface area contributed by atoms with E-state index in [2.05, 4.69) is 10.6 Å². The van der Waals surface area contributed by atoms with E-state index in [9.17, 15) is 19.2 Å². The fourth-order valence-corrected chi connectivity index (χ4v) is 5.22. The average molecular weight is 577 g/mol. The number of methoxy groups -OCH3 is 2. The first-order valence-corrected chi connectivity index (χ1v) is 13.4. The van der Waals surface area contributed by atoms with Crippen LogP contribution in [0.25, 0.3) is 10.9 Å². The maximum atomic E-state index is 13.4. The Balaban J connectivity index is 1.59. The van der Waals surface area contributed by atoms with Crippen molar-refractivity contribution in [2.24, 2.45) is 0 Å². The molecule has 1 heterocycles. The lowest BCUT2D eigenvalue weighted by molar-refractivity contribution is -0.122. The highest BCUT2D eigenvalue weighted by Gasteiger charge is 2.19. The van der Waals surface area contributed by atoms with Crippen LogP contribution in [0, 0.1) is 0 Å². The second-order valence-electron chi connectivity index (χ2n) is 9.37. The maximum Gasteiger partial charge on any atom is 0.331 e. The number of carbonyl (C=O) groups excluding carboxylic acids is 2. The van der Waals surface area contributed by atoms with Gasteiger partial charge in [-0.25, -0.2) is 4.79 Å². The van der Waals surface area contributed by atoms with Gasteiger partial charge in [-0.15, -0.1) is 0 Å². The molecule has 2 aromatic carbocycles. The molecule has 0 bridgehead atoms.